The maximum Gasteiger partial charge on any atom is 0.138 e. The third kappa shape index (κ3) is 4.80. The van der Waals surface area contributed by atoms with Crippen molar-refractivity contribution in [1.82, 2.24) is 4.98 Å². The zero-order valence-electron chi connectivity index (χ0n) is 28.5. The molecule has 0 N–H and O–H groups in total. The lowest BCUT2D eigenvalue weighted by atomic mass is 9.81. The highest BCUT2D eigenvalue weighted by Gasteiger charge is 2.37. The van der Waals surface area contributed by atoms with Gasteiger partial charge in [0.2, 0.25) is 0 Å². The molecule has 0 spiro atoms. The van der Waals surface area contributed by atoms with Crippen LogP contribution >= 0.6 is 11.3 Å². The molecule has 1 aliphatic rings. The Morgan fingerprint density at radius 2 is 1.14 bits per heavy atom. The second kappa shape index (κ2) is 11.5. The molecule has 2 aromatic heterocycles. The van der Waals surface area contributed by atoms with Gasteiger partial charge in [0.15, 0.2) is 0 Å². The van der Waals surface area contributed by atoms with E-state index in [1.807, 2.05) is 11.3 Å². The first-order valence-electron chi connectivity index (χ1n) is 17.5. The monoisotopic (exact) mass is 670 g/mol. The second-order valence-corrected chi connectivity index (χ2v) is 15.1. The molecule has 0 bridgehead atoms. The predicted molar refractivity (Wildman–Crippen MR) is 218 cm³/mol. The highest BCUT2D eigenvalue weighted by Crippen LogP contribution is 2.53. The normalized spacial score (nSPS) is 13.1. The molecular weight excluding hydrogens is 637 g/mol. The highest BCUT2D eigenvalue weighted by molar-refractivity contribution is 7.25. The molecule has 0 fully saturated rings. The zero-order chi connectivity index (χ0) is 34.1. The van der Waals surface area contributed by atoms with E-state index in [-0.39, 0.29) is 5.41 Å². The molecular formula is C48H34N2S. The van der Waals surface area contributed by atoms with Crippen LogP contribution in [0.25, 0.3) is 64.5 Å². The van der Waals surface area contributed by atoms with Gasteiger partial charge in [0.25, 0.3) is 0 Å². The molecule has 0 unspecified atom stereocenters. The quantitative estimate of drug-likeness (QED) is 0.181. The van der Waals surface area contributed by atoms with Gasteiger partial charge in [-0.2, -0.15) is 0 Å². The molecule has 7 aromatic carbocycles. The Bertz CT molecular complexity index is 2760. The minimum Gasteiger partial charge on any atom is -0.294 e. The largest absolute Gasteiger partial charge is 0.294 e. The van der Waals surface area contributed by atoms with Gasteiger partial charge in [-0.25, -0.2) is 4.98 Å². The SMILES string of the molecule is CC1(C)c2ccccc2-c2cc(N(c3ccc(-c4ccccc4)cc3)c3ccc4sc5cc6ccccc6cc5c4n3)c(-c3ccccc3)cc21. The predicted octanol–water partition coefficient (Wildman–Crippen LogP) is 13.7. The summed E-state index contributed by atoms with van der Waals surface area (Å²) in [5.74, 6) is 0.894. The van der Waals surface area contributed by atoms with E-state index >= 15 is 0 Å². The lowest BCUT2D eigenvalue weighted by molar-refractivity contribution is 0.660. The van der Waals surface area contributed by atoms with Crippen LogP contribution in [0.5, 0.6) is 0 Å². The summed E-state index contributed by atoms with van der Waals surface area (Å²) in [6, 6.07) is 61.8. The summed E-state index contributed by atoms with van der Waals surface area (Å²) in [6.07, 6.45) is 0. The Labute approximate surface area is 301 Å². The molecule has 0 saturated carbocycles. The molecule has 0 amide bonds. The van der Waals surface area contributed by atoms with Gasteiger partial charge in [0, 0.05) is 26.8 Å². The van der Waals surface area contributed by atoms with E-state index in [1.165, 1.54) is 70.1 Å². The fraction of sp³-hybridized carbons (Fsp3) is 0.0625. The number of pyridine rings is 1. The third-order valence-corrected chi connectivity index (χ3v) is 11.8. The van der Waals surface area contributed by atoms with E-state index in [0.29, 0.717) is 0 Å². The van der Waals surface area contributed by atoms with Crippen LogP contribution in [0.1, 0.15) is 25.0 Å². The number of fused-ring (bicyclic) bond motifs is 7. The van der Waals surface area contributed by atoms with Crippen molar-refractivity contribution in [2.24, 2.45) is 0 Å². The van der Waals surface area contributed by atoms with E-state index < -0.39 is 0 Å². The van der Waals surface area contributed by atoms with Gasteiger partial charge in [-0.1, -0.05) is 135 Å². The average molecular weight is 671 g/mol. The molecule has 0 saturated heterocycles. The molecule has 1 aliphatic carbocycles. The number of thiophene rings is 1. The summed E-state index contributed by atoms with van der Waals surface area (Å²) < 4.78 is 2.45. The van der Waals surface area contributed by atoms with Gasteiger partial charge in [0.05, 0.1) is 15.9 Å². The first kappa shape index (κ1) is 29.8. The maximum atomic E-state index is 5.54. The molecule has 242 valence electrons. The number of aromatic nitrogens is 1. The number of anilines is 3. The number of benzene rings is 7. The molecule has 0 atom stereocenters. The fourth-order valence-electron chi connectivity index (χ4n) is 8.04. The summed E-state index contributed by atoms with van der Waals surface area (Å²) in [5, 5.41) is 3.69. The van der Waals surface area contributed by atoms with Gasteiger partial charge >= 0.3 is 0 Å². The molecule has 0 aliphatic heterocycles. The van der Waals surface area contributed by atoms with Gasteiger partial charge in [-0.3, -0.25) is 4.90 Å². The van der Waals surface area contributed by atoms with Crippen molar-refractivity contribution < 1.29 is 0 Å². The van der Waals surface area contributed by atoms with E-state index in [4.69, 9.17) is 4.98 Å². The van der Waals surface area contributed by atoms with Crippen LogP contribution in [-0.2, 0) is 5.41 Å². The second-order valence-electron chi connectivity index (χ2n) is 14.0. The van der Waals surface area contributed by atoms with Crippen LogP contribution in [0.2, 0.25) is 0 Å². The number of hydrogen-bond acceptors (Lipinski definition) is 3. The molecule has 2 heterocycles. The fourth-order valence-corrected chi connectivity index (χ4v) is 9.12. The first-order chi connectivity index (χ1) is 25.0. The first-order valence-corrected chi connectivity index (χ1v) is 18.4. The molecule has 3 heteroatoms. The van der Waals surface area contributed by atoms with E-state index in [9.17, 15) is 0 Å². The highest BCUT2D eigenvalue weighted by atomic mass is 32.1. The van der Waals surface area contributed by atoms with Gasteiger partial charge in [0.1, 0.15) is 5.82 Å². The van der Waals surface area contributed by atoms with Crippen LogP contribution in [-0.4, -0.2) is 4.98 Å². The molecule has 51 heavy (non-hydrogen) atoms. The Morgan fingerprint density at radius 1 is 0.490 bits per heavy atom. The number of hydrogen-bond donors (Lipinski definition) is 0. The summed E-state index contributed by atoms with van der Waals surface area (Å²) in [5.41, 5.74) is 13.2. The van der Waals surface area contributed by atoms with E-state index in [0.717, 1.165) is 22.7 Å². The molecule has 2 nitrogen and oxygen atoms in total. The van der Waals surface area contributed by atoms with Crippen LogP contribution < -0.4 is 4.90 Å². The van der Waals surface area contributed by atoms with Gasteiger partial charge < -0.3 is 0 Å². The summed E-state index contributed by atoms with van der Waals surface area (Å²) in [7, 11) is 0. The Kier molecular flexibility index (Phi) is 6.74. The maximum absolute atomic E-state index is 5.54. The zero-order valence-corrected chi connectivity index (χ0v) is 29.3. The summed E-state index contributed by atoms with van der Waals surface area (Å²) in [4.78, 5) is 7.91. The Hall–Kier alpha value is -6.03. The van der Waals surface area contributed by atoms with Crippen molar-refractivity contribution >= 4 is 59.6 Å². The van der Waals surface area contributed by atoms with Crippen molar-refractivity contribution in [3.8, 4) is 33.4 Å². The average Bonchev–Trinajstić information content (AvgIpc) is 3.65. The third-order valence-electron chi connectivity index (χ3n) is 10.7. The Balaban J connectivity index is 1.25. The summed E-state index contributed by atoms with van der Waals surface area (Å²) in [6.45, 7) is 4.71. The Morgan fingerprint density at radius 3 is 1.90 bits per heavy atom. The van der Waals surface area contributed by atoms with Crippen molar-refractivity contribution in [1.29, 1.82) is 0 Å². The van der Waals surface area contributed by atoms with Crippen molar-refractivity contribution in [3.63, 3.8) is 0 Å². The van der Waals surface area contributed by atoms with Crippen molar-refractivity contribution in [2.45, 2.75) is 19.3 Å². The lowest BCUT2D eigenvalue weighted by Gasteiger charge is -2.29. The van der Waals surface area contributed by atoms with Crippen LogP contribution in [0.4, 0.5) is 17.2 Å². The van der Waals surface area contributed by atoms with Gasteiger partial charge in [-0.05, 0) is 98.2 Å². The summed E-state index contributed by atoms with van der Waals surface area (Å²) >= 11 is 1.82. The van der Waals surface area contributed by atoms with E-state index in [2.05, 4.69) is 189 Å². The minimum absolute atomic E-state index is 0.119. The molecule has 10 rings (SSSR count). The lowest BCUT2D eigenvalue weighted by Crippen LogP contribution is -2.16. The molecule has 9 aromatic rings. The molecule has 0 radical (unpaired) electrons. The number of nitrogens with zero attached hydrogens (tertiary/aromatic N) is 2. The number of rotatable bonds is 5. The van der Waals surface area contributed by atoms with Crippen LogP contribution in [0, 0.1) is 0 Å². The van der Waals surface area contributed by atoms with Crippen molar-refractivity contribution in [2.75, 3.05) is 4.90 Å². The van der Waals surface area contributed by atoms with Crippen LogP contribution in [0.15, 0.2) is 170 Å². The van der Waals surface area contributed by atoms with E-state index in [1.54, 1.807) is 0 Å². The topological polar surface area (TPSA) is 16.1 Å². The minimum atomic E-state index is -0.119. The van der Waals surface area contributed by atoms with Gasteiger partial charge in [-0.15, -0.1) is 11.3 Å². The van der Waals surface area contributed by atoms with Crippen molar-refractivity contribution in [3.05, 3.63) is 181 Å². The standard InChI is InChI=1S/C48H34N2S/c1-48(2)41-20-12-11-19-37(41)39-30-43(38(29-42(39)48)33-15-7-4-8-16-33)50(36-23-21-32(22-24-36)31-13-5-3-6-14-31)46-26-25-44-47(49-46)40-27-34-17-9-10-18-35(34)28-45(40)51-44/h3-30H,1-2H3. The smallest absolute Gasteiger partial charge is 0.138 e. The van der Waals surface area contributed by atoms with Crippen LogP contribution in [0.3, 0.4) is 0 Å².